The smallest absolute Gasteiger partial charge is 0.164 e. The minimum atomic E-state index is 0.640. The third-order valence-electron chi connectivity index (χ3n) is 10.6. The molecule has 0 atom stereocenters. The molecule has 4 nitrogen and oxygen atoms in total. The van der Waals surface area contributed by atoms with Crippen LogP contribution in [-0.2, 0) is 0 Å². The Labute approximate surface area is 327 Å². The van der Waals surface area contributed by atoms with Crippen LogP contribution in [0.15, 0.2) is 192 Å². The predicted octanol–water partition coefficient (Wildman–Crippen LogP) is 14.1. The second kappa shape index (κ2) is 13.3. The maximum absolute atomic E-state index is 6.71. The first-order chi connectivity index (χ1) is 27.7. The molecule has 0 aliphatic heterocycles. The lowest BCUT2D eigenvalue weighted by Crippen LogP contribution is -2.00. The van der Waals surface area contributed by atoms with Crippen molar-refractivity contribution in [1.29, 1.82) is 0 Å². The Morgan fingerprint density at radius 1 is 0.357 bits per heavy atom. The summed E-state index contributed by atoms with van der Waals surface area (Å²) in [6, 6.07) is 65.6. The molecule has 0 saturated carbocycles. The molecular weight excluding hydrogens is 703 g/mol. The third kappa shape index (κ3) is 5.48. The molecule has 0 radical (unpaired) electrons. The number of benzene rings is 8. The maximum atomic E-state index is 6.71. The molecule has 11 aromatic rings. The lowest BCUT2D eigenvalue weighted by atomic mass is 9.94. The number of para-hydroxylation sites is 1. The Morgan fingerprint density at radius 3 is 1.62 bits per heavy atom. The highest BCUT2D eigenvalue weighted by Crippen LogP contribution is 2.46. The number of nitrogens with zero attached hydrogens (tertiary/aromatic N) is 3. The van der Waals surface area contributed by atoms with Crippen molar-refractivity contribution in [3.63, 3.8) is 0 Å². The summed E-state index contributed by atoms with van der Waals surface area (Å²) in [4.78, 5) is 15.1. The number of thiophene rings is 1. The van der Waals surface area contributed by atoms with Crippen molar-refractivity contribution in [2.45, 2.75) is 0 Å². The predicted molar refractivity (Wildman–Crippen MR) is 233 cm³/mol. The topological polar surface area (TPSA) is 51.8 Å². The van der Waals surface area contributed by atoms with Crippen LogP contribution in [0.5, 0.6) is 0 Å². The van der Waals surface area contributed by atoms with Crippen molar-refractivity contribution in [2.75, 3.05) is 0 Å². The van der Waals surface area contributed by atoms with Crippen molar-refractivity contribution in [2.24, 2.45) is 0 Å². The molecule has 0 spiro atoms. The first-order valence-electron chi connectivity index (χ1n) is 18.7. The Kier molecular flexibility index (Phi) is 7.64. The quantitative estimate of drug-likeness (QED) is 0.171. The molecule has 0 aliphatic carbocycles. The standard InChI is InChI=1S/C51H31N3OS/c1-4-13-32(14-5-1)33-23-25-36(26-24-33)50-52-49(35-17-8-3-9-18-35)53-51(54-50)37-27-28-39-41-20-12-21-42(48(41)56-45(39)31-37)40-30-29-38(34-15-6-2-7-16-34)46-43-19-10-11-22-44(43)55-47(40)46/h1-31H. The lowest BCUT2D eigenvalue weighted by molar-refractivity contribution is 0.670. The Morgan fingerprint density at radius 2 is 0.893 bits per heavy atom. The number of rotatable bonds is 6. The highest BCUT2D eigenvalue weighted by molar-refractivity contribution is 7.26. The van der Waals surface area contributed by atoms with Gasteiger partial charge in [0.15, 0.2) is 17.5 Å². The van der Waals surface area contributed by atoms with Gasteiger partial charge in [-0.25, -0.2) is 15.0 Å². The normalized spacial score (nSPS) is 11.6. The molecule has 0 unspecified atom stereocenters. The minimum Gasteiger partial charge on any atom is -0.455 e. The largest absolute Gasteiger partial charge is 0.455 e. The van der Waals surface area contributed by atoms with E-state index < -0.39 is 0 Å². The van der Waals surface area contributed by atoms with Crippen LogP contribution >= 0.6 is 11.3 Å². The summed E-state index contributed by atoms with van der Waals surface area (Å²) in [5.41, 5.74) is 11.5. The van der Waals surface area contributed by atoms with E-state index in [-0.39, 0.29) is 0 Å². The lowest BCUT2D eigenvalue weighted by Gasteiger charge is -2.09. The second-order valence-electron chi connectivity index (χ2n) is 13.9. The van der Waals surface area contributed by atoms with Crippen molar-refractivity contribution >= 4 is 53.4 Å². The molecule has 11 rings (SSSR count). The fourth-order valence-electron chi connectivity index (χ4n) is 7.84. The van der Waals surface area contributed by atoms with E-state index in [2.05, 4.69) is 146 Å². The summed E-state index contributed by atoms with van der Waals surface area (Å²) in [7, 11) is 0. The van der Waals surface area contributed by atoms with Crippen LogP contribution in [0.25, 0.3) is 110 Å². The molecule has 0 aliphatic rings. The Balaban J connectivity index is 1.05. The van der Waals surface area contributed by atoms with Gasteiger partial charge in [-0.2, -0.15) is 0 Å². The average Bonchev–Trinajstić information content (AvgIpc) is 3.86. The molecule has 3 aromatic heterocycles. The van der Waals surface area contributed by atoms with Gasteiger partial charge in [0.2, 0.25) is 0 Å². The van der Waals surface area contributed by atoms with Crippen LogP contribution in [-0.4, -0.2) is 15.0 Å². The highest BCUT2D eigenvalue weighted by Gasteiger charge is 2.20. The third-order valence-corrected chi connectivity index (χ3v) is 11.8. The van der Waals surface area contributed by atoms with Gasteiger partial charge < -0.3 is 4.42 Å². The number of furan rings is 1. The number of hydrogen-bond acceptors (Lipinski definition) is 5. The van der Waals surface area contributed by atoms with E-state index in [9.17, 15) is 0 Å². The number of fused-ring (bicyclic) bond motifs is 6. The summed E-state index contributed by atoms with van der Waals surface area (Å²) in [5.74, 6) is 1.92. The first-order valence-corrected chi connectivity index (χ1v) is 19.5. The van der Waals surface area contributed by atoms with Crippen LogP contribution in [0.4, 0.5) is 0 Å². The summed E-state index contributed by atoms with van der Waals surface area (Å²) in [5, 5.41) is 4.67. The Bertz CT molecular complexity index is 3230. The van der Waals surface area contributed by atoms with E-state index in [4.69, 9.17) is 19.4 Å². The van der Waals surface area contributed by atoms with Gasteiger partial charge in [0.05, 0.1) is 0 Å². The molecule has 0 saturated heterocycles. The summed E-state index contributed by atoms with van der Waals surface area (Å²) in [6.45, 7) is 0. The van der Waals surface area contributed by atoms with Gasteiger partial charge in [-0.05, 0) is 40.5 Å². The van der Waals surface area contributed by atoms with E-state index in [0.717, 1.165) is 55.3 Å². The molecule has 0 fully saturated rings. The van der Waals surface area contributed by atoms with Crippen LogP contribution in [0, 0.1) is 0 Å². The zero-order valence-corrected chi connectivity index (χ0v) is 30.9. The van der Waals surface area contributed by atoms with Crippen molar-refractivity contribution in [3.05, 3.63) is 188 Å². The van der Waals surface area contributed by atoms with E-state index in [1.807, 2.05) is 42.5 Å². The molecule has 0 N–H and O–H groups in total. The molecule has 8 aromatic carbocycles. The highest BCUT2D eigenvalue weighted by atomic mass is 32.1. The van der Waals surface area contributed by atoms with Gasteiger partial charge in [0.1, 0.15) is 11.2 Å². The number of aromatic nitrogens is 3. The SMILES string of the molecule is c1ccc(-c2ccc(-c3nc(-c4ccccc4)nc(-c4ccc5c(c4)sc4c(-c6ccc(-c7ccccc7)c7c6oc6ccccc67)cccc45)n3)cc2)cc1. The summed E-state index contributed by atoms with van der Waals surface area (Å²) < 4.78 is 9.09. The van der Waals surface area contributed by atoms with Crippen LogP contribution in [0.3, 0.4) is 0 Å². The van der Waals surface area contributed by atoms with Gasteiger partial charge in [0, 0.05) is 58.8 Å². The van der Waals surface area contributed by atoms with E-state index >= 15 is 0 Å². The molecule has 5 heteroatoms. The second-order valence-corrected chi connectivity index (χ2v) is 15.0. The van der Waals surface area contributed by atoms with Gasteiger partial charge in [-0.3, -0.25) is 0 Å². The molecular formula is C51H31N3OS. The van der Waals surface area contributed by atoms with Crippen molar-refractivity contribution < 1.29 is 4.42 Å². The van der Waals surface area contributed by atoms with Crippen LogP contribution < -0.4 is 0 Å². The van der Waals surface area contributed by atoms with Gasteiger partial charge in [0.25, 0.3) is 0 Å². The van der Waals surface area contributed by atoms with Gasteiger partial charge in [-0.1, -0.05) is 170 Å². The maximum Gasteiger partial charge on any atom is 0.164 e. The fraction of sp³-hybridized carbons (Fsp3) is 0. The van der Waals surface area contributed by atoms with Crippen LogP contribution in [0.2, 0.25) is 0 Å². The zero-order valence-electron chi connectivity index (χ0n) is 30.1. The van der Waals surface area contributed by atoms with Gasteiger partial charge >= 0.3 is 0 Å². The van der Waals surface area contributed by atoms with Gasteiger partial charge in [-0.15, -0.1) is 11.3 Å². The number of hydrogen-bond donors (Lipinski definition) is 0. The van der Waals surface area contributed by atoms with Crippen molar-refractivity contribution in [1.82, 2.24) is 15.0 Å². The molecule has 56 heavy (non-hydrogen) atoms. The van der Waals surface area contributed by atoms with E-state index in [1.165, 1.54) is 36.9 Å². The van der Waals surface area contributed by atoms with Crippen LogP contribution in [0.1, 0.15) is 0 Å². The first kappa shape index (κ1) is 32.2. The summed E-state index contributed by atoms with van der Waals surface area (Å²) in [6.07, 6.45) is 0. The Hall–Kier alpha value is -7.21. The molecule has 0 amide bonds. The minimum absolute atomic E-state index is 0.640. The fourth-order valence-corrected chi connectivity index (χ4v) is 9.11. The average molecular weight is 734 g/mol. The van der Waals surface area contributed by atoms with E-state index in [0.29, 0.717) is 17.5 Å². The molecule has 262 valence electrons. The zero-order chi connectivity index (χ0) is 37.0. The summed E-state index contributed by atoms with van der Waals surface area (Å²) >= 11 is 1.80. The monoisotopic (exact) mass is 733 g/mol. The molecule has 3 heterocycles. The molecule has 0 bridgehead atoms. The van der Waals surface area contributed by atoms with E-state index in [1.54, 1.807) is 11.3 Å². The van der Waals surface area contributed by atoms with Crippen molar-refractivity contribution in [3.8, 4) is 67.5 Å².